The molecule has 0 aromatic heterocycles. The second kappa shape index (κ2) is 6.94. The van der Waals surface area contributed by atoms with E-state index < -0.39 is 0 Å². The molecule has 4 heteroatoms. The van der Waals surface area contributed by atoms with Gasteiger partial charge in [-0.3, -0.25) is 4.79 Å². The lowest BCUT2D eigenvalue weighted by molar-refractivity contribution is -0.117. The number of unbranched alkanes of at least 4 members (excludes halogenated alkanes) is 1. The number of carbonyl (C=O) groups is 1. The maximum atomic E-state index is 12.0. The van der Waals surface area contributed by atoms with Gasteiger partial charge in [0.15, 0.2) is 0 Å². The maximum Gasteiger partial charge on any atom is 0.263 e. The number of nitrogens with zero attached hydrogens (tertiary/aromatic N) is 2. The lowest BCUT2D eigenvalue weighted by Crippen LogP contribution is -2.29. The Kier molecular flexibility index (Phi) is 4.99. The first kappa shape index (κ1) is 15.1. The summed E-state index contributed by atoms with van der Waals surface area (Å²) >= 11 is 0. The van der Waals surface area contributed by atoms with Crippen molar-refractivity contribution in [2.24, 2.45) is 0 Å². The van der Waals surface area contributed by atoms with E-state index in [0.717, 1.165) is 24.9 Å². The second-order valence-electron chi connectivity index (χ2n) is 5.35. The number of hydrogen-bond acceptors (Lipinski definition) is 3. The number of benzene rings is 1. The molecule has 0 aliphatic carbocycles. The van der Waals surface area contributed by atoms with Crippen LogP contribution in [0.2, 0.25) is 0 Å². The van der Waals surface area contributed by atoms with E-state index in [1.165, 1.54) is 5.56 Å². The van der Waals surface area contributed by atoms with E-state index in [1.807, 2.05) is 29.2 Å². The number of hydrogen-bond donors (Lipinski definition) is 1. The number of anilines is 1. The van der Waals surface area contributed by atoms with Crippen molar-refractivity contribution >= 4 is 11.6 Å². The Bertz CT molecular complexity index is 586. The minimum Gasteiger partial charge on any atom is -0.351 e. The van der Waals surface area contributed by atoms with E-state index in [-0.39, 0.29) is 17.5 Å². The van der Waals surface area contributed by atoms with Crippen LogP contribution in [-0.2, 0) is 11.2 Å². The fourth-order valence-corrected chi connectivity index (χ4v) is 2.54. The number of nitriles is 1. The van der Waals surface area contributed by atoms with Crippen LogP contribution >= 0.6 is 0 Å². The van der Waals surface area contributed by atoms with Gasteiger partial charge in [0.25, 0.3) is 5.91 Å². The number of amides is 1. The summed E-state index contributed by atoms with van der Waals surface area (Å²) in [5, 5.41) is 12.0. The van der Waals surface area contributed by atoms with Gasteiger partial charge in [-0.1, -0.05) is 31.5 Å². The summed E-state index contributed by atoms with van der Waals surface area (Å²) in [5.41, 5.74) is 2.50. The van der Waals surface area contributed by atoms with Crippen LogP contribution in [0, 0.1) is 11.3 Å². The molecule has 1 atom stereocenters. The van der Waals surface area contributed by atoms with Crippen LogP contribution in [-0.4, -0.2) is 18.5 Å². The molecule has 1 aliphatic rings. The molecule has 1 amide bonds. The molecule has 1 aliphatic heterocycles. The highest BCUT2D eigenvalue weighted by Crippen LogP contribution is 2.32. The molecule has 0 radical (unpaired) electrons. The van der Waals surface area contributed by atoms with E-state index in [1.54, 1.807) is 6.20 Å². The molecular weight excluding hydrogens is 262 g/mol. The van der Waals surface area contributed by atoms with Gasteiger partial charge in [-0.15, -0.1) is 0 Å². The topological polar surface area (TPSA) is 56.1 Å². The van der Waals surface area contributed by atoms with Gasteiger partial charge in [0.05, 0.1) is 0 Å². The Morgan fingerprint density at radius 1 is 1.52 bits per heavy atom. The summed E-state index contributed by atoms with van der Waals surface area (Å²) < 4.78 is 0. The average Bonchev–Trinajstić information content (AvgIpc) is 2.80. The number of para-hydroxylation sites is 1. The van der Waals surface area contributed by atoms with Crippen LogP contribution in [0.3, 0.4) is 0 Å². The third-order valence-electron chi connectivity index (χ3n) is 3.71. The molecule has 21 heavy (non-hydrogen) atoms. The van der Waals surface area contributed by atoms with Gasteiger partial charge in [0.2, 0.25) is 0 Å². The zero-order chi connectivity index (χ0) is 15.2. The van der Waals surface area contributed by atoms with Crippen molar-refractivity contribution in [3.63, 3.8) is 0 Å². The highest BCUT2D eigenvalue weighted by atomic mass is 16.1. The van der Waals surface area contributed by atoms with Crippen molar-refractivity contribution in [3.05, 3.63) is 41.6 Å². The van der Waals surface area contributed by atoms with Crippen LogP contribution in [0.15, 0.2) is 36.0 Å². The van der Waals surface area contributed by atoms with Crippen molar-refractivity contribution in [1.29, 1.82) is 5.26 Å². The quantitative estimate of drug-likeness (QED) is 0.513. The van der Waals surface area contributed by atoms with E-state index >= 15 is 0 Å². The van der Waals surface area contributed by atoms with Gasteiger partial charge in [-0.05, 0) is 31.4 Å². The molecule has 0 saturated heterocycles. The lowest BCUT2D eigenvalue weighted by atomic mass is 10.1. The Hall–Kier alpha value is -2.28. The van der Waals surface area contributed by atoms with E-state index in [2.05, 4.69) is 25.2 Å². The SMILES string of the molecule is CCCCNC(=O)/C(C#N)=C\N1c2ccccc2CC1C. The molecular formula is C17H21N3O. The standard InChI is InChI=1S/C17H21N3O/c1-3-4-9-19-17(21)15(11-18)12-20-13(2)10-14-7-5-6-8-16(14)20/h5-8,12-13H,3-4,9-10H2,1-2H3,(H,19,21)/b15-12-. The second-order valence-corrected chi connectivity index (χ2v) is 5.35. The molecule has 110 valence electrons. The highest BCUT2D eigenvalue weighted by Gasteiger charge is 2.25. The van der Waals surface area contributed by atoms with Crippen molar-refractivity contribution in [2.75, 3.05) is 11.4 Å². The third-order valence-corrected chi connectivity index (χ3v) is 3.71. The summed E-state index contributed by atoms with van der Waals surface area (Å²) in [6, 6.07) is 10.4. The van der Waals surface area contributed by atoms with Crippen LogP contribution in [0.4, 0.5) is 5.69 Å². The predicted octanol–water partition coefficient (Wildman–Crippen LogP) is 2.76. The number of rotatable bonds is 5. The van der Waals surface area contributed by atoms with Crippen molar-refractivity contribution in [3.8, 4) is 6.07 Å². The summed E-state index contributed by atoms with van der Waals surface area (Å²) in [5.74, 6) is -0.289. The predicted molar refractivity (Wildman–Crippen MR) is 83.7 cm³/mol. The van der Waals surface area contributed by atoms with E-state index in [0.29, 0.717) is 6.54 Å². The first-order valence-corrected chi connectivity index (χ1v) is 7.43. The van der Waals surface area contributed by atoms with Crippen molar-refractivity contribution in [1.82, 2.24) is 5.32 Å². The molecule has 1 aromatic carbocycles. The molecule has 0 saturated carbocycles. The Balaban J connectivity index is 2.17. The minimum atomic E-state index is -0.289. The molecule has 0 fully saturated rings. The summed E-state index contributed by atoms with van der Waals surface area (Å²) in [6.07, 6.45) is 4.55. The molecule has 1 N–H and O–H groups in total. The van der Waals surface area contributed by atoms with Crippen molar-refractivity contribution < 1.29 is 4.79 Å². The number of carbonyl (C=O) groups excluding carboxylic acids is 1. The average molecular weight is 283 g/mol. The molecule has 1 aromatic rings. The number of nitrogens with one attached hydrogen (secondary N) is 1. The zero-order valence-corrected chi connectivity index (χ0v) is 12.6. The highest BCUT2D eigenvalue weighted by molar-refractivity contribution is 5.97. The molecule has 4 nitrogen and oxygen atoms in total. The summed E-state index contributed by atoms with van der Waals surface area (Å²) in [6.45, 7) is 4.77. The fraction of sp³-hybridized carbons (Fsp3) is 0.412. The molecule has 0 bridgehead atoms. The van der Waals surface area contributed by atoms with Gasteiger partial charge >= 0.3 is 0 Å². The lowest BCUT2D eigenvalue weighted by Gasteiger charge is -2.20. The smallest absolute Gasteiger partial charge is 0.263 e. The Morgan fingerprint density at radius 3 is 3.00 bits per heavy atom. The van der Waals surface area contributed by atoms with E-state index in [4.69, 9.17) is 0 Å². The third kappa shape index (κ3) is 3.43. The molecule has 2 rings (SSSR count). The van der Waals surface area contributed by atoms with Crippen LogP contribution in [0.1, 0.15) is 32.3 Å². The van der Waals surface area contributed by atoms with Crippen molar-refractivity contribution in [2.45, 2.75) is 39.2 Å². The Labute approximate surface area is 126 Å². The van der Waals surface area contributed by atoms with Crippen LogP contribution in [0.5, 0.6) is 0 Å². The summed E-state index contributed by atoms with van der Waals surface area (Å²) in [4.78, 5) is 14.0. The normalized spacial score (nSPS) is 17.3. The van der Waals surface area contributed by atoms with Gasteiger partial charge in [-0.2, -0.15) is 5.26 Å². The zero-order valence-electron chi connectivity index (χ0n) is 12.6. The molecule has 1 heterocycles. The minimum absolute atomic E-state index is 0.162. The van der Waals surface area contributed by atoms with Gasteiger partial charge in [-0.25, -0.2) is 0 Å². The largest absolute Gasteiger partial charge is 0.351 e. The van der Waals surface area contributed by atoms with Gasteiger partial charge in [0.1, 0.15) is 11.6 Å². The van der Waals surface area contributed by atoms with Gasteiger partial charge in [0, 0.05) is 24.5 Å². The van der Waals surface area contributed by atoms with Crippen LogP contribution < -0.4 is 10.2 Å². The monoisotopic (exact) mass is 283 g/mol. The Morgan fingerprint density at radius 2 is 2.29 bits per heavy atom. The van der Waals surface area contributed by atoms with Gasteiger partial charge < -0.3 is 10.2 Å². The maximum absolute atomic E-state index is 12.0. The first-order chi connectivity index (χ1) is 10.2. The number of fused-ring (bicyclic) bond motifs is 1. The fourth-order valence-electron chi connectivity index (χ4n) is 2.54. The van der Waals surface area contributed by atoms with E-state index in [9.17, 15) is 10.1 Å². The van der Waals surface area contributed by atoms with Crippen LogP contribution in [0.25, 0.3) is 0 Å². The molecule has 0 spiro atoms. The molecule has 1 unspecified atom stereocenters. The first-order valence-electron chi connectivity index (χ1n) is 7.43. The summed E-state index contributed by atoms with van der Waals surface area (Å²) in [7, 11) is 0.